The minimum absolute atomic E-state index is 0.0514. The van der Waals surface area contributed by atoms with Crippen LogP contribution >= 0.6 is 0 Å². The summed E-state index contributed by atoms with van der Waals surface area (Å²) in [6.45, 7) is 4.89. The van der Waals surface area contributed by atoms with E-state index in [4.69, 9.17) is 4.52 Å². The van der Waals surface area contributed by atoms with Crippen molar-refractivity contribution in [2.24, 2.45) is 5.92 Å². The highest BCUT2D eigenvalue weighted by atomic mass is 16.5. The van der Waals surface area contributed by atoms with E-state index in [1.54, 1.807) is 13.0 Å². The fourth-order valence-corrected chi connectivity index (χ4v) is 2.12. The fourth-order valence-electron chi connectivity index (χ4n) is 2.12. The molecule has 6 heteroatoms. The molecule has 1 aromatic rings. The second-order valence-electron chi connectivity index (χ2n) is 4.85. The molecule has 19 heavy (non-hydrogen) atoms. The molecular weight excluding hydrogens is 246 g/mol. The third-order valence-corrected chi connectivity index (χ3v) is 3.22. The van der Waals surface area contributed by atoms with E-state index >= 15 is 0 Å². The number of nitrogens with one attached hydrogen (secondary N) is 1. The molecule has 1 aliphatic heterocycles. The number of hydrogen-bond donors (Lipinski definition) is 1. The lowest BCUT2D eigenvalue weighted by atomic mass is 10.1. The van der Waals surface area contributed by atoms with Crippen LogP contribution in [0.5, 0.6) is 0 Å². The number of amides is 2. The summed E-state index contributed by atoms with van der Waals surface area (Å²) < 4.78 is 4.96. The van der Waals surface area contributed by atoms with E-state index in [0.717, 1.165) is 12.8 Å². The van der Waals surface area contributed by atoms with Crippen LogP contribution in [0.2, 0.25) is 0 Å². The van der Waals surface area contributed by atoms with E-state index in [0.29, 0.717) is 24.7 Å². The zero-order valence-electron chi connectivity index (χ0n) is 11.3. The number of anilines is 1. The first-order valence-corrected chi connectivity index (χ1v) is 6.63. The molecule has 1 N–H and O–H groups in total. The van der Waals surface area contributed by atoms with Crippen molar-refractivity contribution in [1.29, 1.82) is 0 Å². The average Bonchev–Trinajstić information content (AvgIpc) is 2.95. The molecule has 1 aliphatic rings. The topological polar surface area (TPSA) is 75.4 Å². The van der Waals surface area contributed by atoms with Gasteiger partial charge in [0.1, 0.15) is 5.76 Å². The van der Waals surface area contributed by atoms with Crippen LogP contribution in [0.4, 0.5) is 5.82 Å². The van der Waals surface area contributed by atoms with Crippen LogP contribution < -0.4 is 10.2 Å². The van der Waals surface area contributed by atoms with Gasteiger partial charge in [0.25, 0.3) is 0 Å². The maximum atomic E-state index is 11.9. The van der Waals surface area contributed by atoms with Gasteiger partial charge in [-0.3, -0.25) is 14.5 Å². The van der Waals surface area contributed by atoms with Gasteiger partial charge in [-0.25, -0.2) is 0 Å². The Morgan fingerprint density at radius 2 is 2.42 bits per heavy atom. The standard InChI is InChI=1S/C13H19N3O3/c1-3-4-5-14-13(18)10-7-12(17)16(8-10)11-6-9(2)19-15-11/h6,10H,3-5,7-8H2,1-2H3,(H,14,18). The first-order chi connectivity index (χ1) is 9.11. The third-order valence-electron chi connectivity index (χ3n) is 3.22. The molecule has 0 radical (unpaired) electrons. The van der Waals surface area contributed by atoms with Crippen molar-refractivity contribution in [3.8, 4) is 0 Å². The molecule has 1 aromatic heterocycles. The predicted molar refractivity (Wildman–Crippen MR) is 69.6 cm³/mol. The molecule has 0 spiro atoms. The highest BCUT2D eigenvalue weighted by Crippen LogP contribution is 2.24. The Hall–Kier alpha value is -1.85. The number of aromatic nitrogens is 1. The monoisotopic (exact) mass is 265 g/mol. The quantitative estimate of drug-likeness (QED) is 0.813. The van der Waals surface area contributed by atoms with Crippen molar-refractivity contribution in [3.05, 3.63) is 11.8 Å². The van der Waals surface area contributed by atoms with Gasteiger partial charge in [-0.05, 0) is 13.3 Å². The molecule has 1 unspecified atom stereocenters. The van der Waals surface area contributed by atoms with Crippen LogP contribution in [-0.2, 0) is 9.59 Å². The first kappa shape index (κ1) is 13.6. The molecular formula is C13H19N3O3. The summed E-state index contributed by atoms with van der Waals surface area (Å²) in [6, 6.07) is 1.70. The summed E-state index contributed by atoms with van der Waals surface area (Å²) in [6.07, 6.45) is 2.23. The zero-order valence-corrected chi connectivity index (χ0v) is 11.3. The average molecular weight is 265 g/mol. The normalized spacial score (nSPS) is 18.9. The Morgan fingerprint density at radius 1 is 1.63 bits per heavy atom. The van der Waals surface area contributed by atoms with Gasteiger partial charge < -0.3 is 9.84 Å². The number of rotatable bonds is 5. The molecule has 2 heterocycles. The maximum Gasteiger partial charge on any atom is 0.229 e. The van der Waals surface area contributed by atoms with Crippen LogP contribution in [0.15, 0.2) is 10.6 Å². The summed E-state index contributed by atoms with van der Waals surface area (Å²) in [5.74, 6) is 0.722. The molecule has 0 aromatic carbocycles. The summed E-state index contributed by atoms with van der Waals surface area (Å²) in [4.78, 5) is 25.3. The predicted octanol–water partition coefficient (Wildman–Crippen LogP) is 1.25. The third kappa shape index (κ3) is 3.13. The Bertz CT molecular complexity index is 469. The van der Waals surface area contributed by atoms with E-state index in [9.17, 15) is 9.59 Å². The Balaban J connectivity index is 1.93. The van der Waals surface area contributed by atoms with E-state index in [2.05, 4.69) is 17.4 Å². The summed E-state index contributed by atoms with van der Waals surface area (Å²) in [7, 11) is 0. The van der Waals surface area contributed by atoms with E-state index in [-0.39, 0.29) is 24.2 Å². The van der Waals surface area contributed by atoms with Crippen LogP contribution in [-0.4, -0.2) is 30.1 Å². The maximum absolute atomic E-state index is 11.9. The van der Waals surface area contributed by atoms with Gasteiger partial charge in [-0.15, -0.1) is 0 Å². The number of unbranched alkanes of at least 4 members (excludes halogenated alkanes) is 1. The number of nitrogens with zero attached hydrogens (tertiary/aromatic N) is 2. The highest BCUT2D eigenvalue weighted by Gasteiger charge is 2.36. The lowest BCUT2D eigenvalue weighted by Crippen LogP contribution is -2.33. The van der Waals surface area contributed by atoms with E-state index in [1.807, 2.05) is 0 Å². The second kappa shape index (κ2) is 5.86. The van der Waals surface area contributed by atoms with Gasteiger partial charge in [0, 0.05) is 25.6 Å². The van der Waals surface area contributed by atoms with Crippen molar-refractivity contribution in [2.75, 3.05) is 18.0 Å². The van der Waals surface area contributed by atoms with Crippen LogP contribution in [0.3, 0.4) is 0 Å². The van der Waals surface area contributed by atoms with Crippen LogP contribution in [0, 0.1) is 12.8 Å². The van der Waals surface area contributed by atoms with Crippen molar-refractivity contribution in [2.45, 2.75) is 33.1 Å². The van der Waals surface area contributed by atoms with Crippen molar-refractivity contribution < 1.29 is 14.1 Å². The smallest absolute Gasteiger partial charge is 0.229 e. The Kier molecular flexibility index (Phi) is 4.19. The Morgan fingerprint density at radius 3 is 3.05 bits per heavy atom. The van der Waals surface area contributed by atoms with E-state index < -0.39 is 0 Å². The molecule has 6 nitrogen and oxygen atoms in total. The molecule has 1 saturated heterocycles. The number of aryl methyl sites for hydroxylation is 1. The van der Waals surface area contributed by atoms with Crippen LogP contribution in [0.25, 0.3) is 0 Å². The minimum Gasteiger partial charge on any atom is -0.360 e. The summed E-state index contributed by atoms with van der Waals surface area (Å²) >= 11 is 0. The van der Waals surface area contributed by atoms with Gasteiger partial charge in [-0.1, -0.05) is 18.5 Å². The zero-order chi connectivity index (χ0) is 13.8. The largest absolute Gasteiger partial charge is 0.360 e. The Labute approximate surface area is 112 Å². The lowest BCUT2D eigenvalue weighted by Gasteiger charge is -2.12. The second-order valence-corrected chi connectivity index (χ2v) is 4.85. The van der Waals surface area contributed by atoms with Crippen molar-refractivity contribution >= 4 is 17.6 Å². The molecule has 104 valence electrons. The SMILES string of the molecule is CCCCNC(=O)C1CC(=O)N(c2cc(C)on2)C1. The first-order valence-electron chi connectivity index (χ1n) is 6.63. The summed E-state index contributed by atoms with van der Waals surface area (Å²) in [5.41, 5.74) is 0. The molecule has 2 amide bonds. The van der Waals surface area contributed by atoms with Gasteiger partial charge in [0.2, 0.25) is 11.8 Å². The fraction of sp³-hybridized carbons (Fsp3) is 0.615. The van der Waals surface area contributed by atoms with E-state index in [1.165, 1.54) is 4.90 Å². The van der Waals surface area contributed by atoms with Gasteiger partial charge in [-0.2, -0.15) is 0 Å². The number of carbonyl (C=O) groups excluding carboxylic acids is 2. The van der Waals surface area contributed by atoms with Gasteiger partial charge in [0.05, 0.1) is 5.92 Å². The molecule has 0 bridgehead atoms. The molecule has 0 saturated carbocycles. The highest BCUT2D eigenvalue weighted by molar-refractivity contribution is 5.99. The molecule has 1 fully saturated rings. The molecule has 2 rings (SSSR count). The van der Waals surface area contributed by atoms with Gasteiger partial charge in [0.15, 0.2) is 5.82 Å². The van der Waals surface area contributed by atoms with Crippen molar-refractivity contribution in [3.63, 3.8) is 0 Å². The van der Waals surface area contributed by atoms with Crippen molar-refractivity contribution in [1.82, 2.24) is 10.5 Å². The lowest BCUT2D eigenvalue weighted by molar-refractivity contribution is -0.126. The summed E-state index contributed by atoms with van der Waals surface area (Å²) in [5, 5.41) is 6.68. The van der Waals surface area contributed by atoms with Crippen LogP contribution in [0.1, 0.15) is 31.9 Å². The van der Waals surface area contributed by atoms with Gasteiger partial charge >= 0.3 is 0 Å². The minimum atomic E-state index is -0.290. The molecule has 1 atom stereocenters. The number of hydrogen-bond acceptors (Lipinski definition) is 4. The number of carbonyl (C=O) groups is 2. The molecule has 0 aliphatic carbocycles.